The van der Waals surface area contributed by atoms with Gasteiger partial charge in [-0.2, -0.15) is 13.2 Å². The third-order valence-electron chi connectivity index (χ3n) is 3.63. The van der Waals surface area contributed by atoms with E-state index >= 15 is 0 Å². The van der Waals surface area contributed by atoms with E-state index < -0.39 is 12.6 Å². The number of rotatable bonds is 3. The number of hydrogen-bond acceptors (Lipinski definition) is 2. The van der Waals surface area contributed by atoms with Crippen molar-refractivity contribution in [3.8, 4) is 0 Å². The Morgan fingerprint density at radius 2 is 2.05 bits per heavy atom. The Bertz CT molecular complexity index is 459. The first-order valence-electron chi connectivity index (χ1n) is 6.83. The lowest BCUT2D eigenvalue weighted by molar-refractivity contribution is -0.142. The minimum Gasteiger partial charge on any atom is -0.371 e. The topological polar surface area (TPSA) is 12.5 Å². The highest BCUT2D eigenvalue weighted by molar-refractivity contribution is 5.32. The number of hydrogen-bond donors (Lipinski definition) is 0. The average Bonchev–Trinajstić information content (AvgIpc) is 2.36. The van der Waals surface area contributed by atoms with Crippen molar-refractivity contribution >= 4 is 0 Å². The molecule has 20 heavy (non-hydrogen) atoms. The quantitative estimate of drug-likeness (QED) is 0.841. The van der Waals surface area contributed by atoms with E-state index in [0.717, 1.165) is 11.1 Å². The third kappa shape index (κ3) is 4.21. The molecule has 2 rings (SSSR count). The van der Waals surface area contributed by atoms with Gasteiger partial charge in [-0.3, -0.25) is 4.90 Å². The molecular weight excluding hydrogens is 267 g/mol. The second-order valence-electron chi connectivity index (χ2n) is 5.39. The van der Waals surface area contributed by atoms with Gasteiger partial charge in [-0.1, -0.05) is 23.8 Å². The Morgan fingerprint density at radius 1 is 1.30 bits per heavy atom. The molecule has 0 radical (unpaired) electrons. The zero-order chi connectivity index (χ0) is 14.8. The normalized spacial score (nSPS) is 21.1. The van der Waals surface area contributed by atoms with Gasteiger partial charge in [-0.05, 0) is 25.0 Å². The van der Waals surface area contributed by atoms with Crippen LogP contribution in [0.3, 0.4) is 0 Å². The molecule has 1 saturated heterocycles. The van der Waals surface area contributed by atoms with Crippen LogP contribution in [0, 0.1) is 13.8 Å². The minimum atomic E-state index is -4.09. The predicted molar refractivity (Wildman–Crippen MR) is 71.7 cm³/mol. The summed E-state index contributed by atoms with van der Waals surface area (Å²) in [4.78, 5) is 1.83. The second-order valence-corrected chi connectivity index (χ2v) is 5.39. The molecule has 0 N–H and O–H groups in total. The van der Waals surface area contributed by atoms with E-state index in [9.17, 15) is 13.2 Å². The molecule has 1 fully saturated rings. The van der Waals surface area contributed by atoms with Crippen LogP contribution in [0.1, 0.15) is 29.2 Å². The Balaban J connectivity index is 1.99. The van der Waals surface area contributed by atoms with Gasteiger partial charge in [-0.15, -0.1) is 0 Å². The Hall–Kier alpha value is -1.07. The van der Waals surface area contributed by atoms with Crippen molar-refractivity contribution in [2.24, 2.45) is 0 Å². The van der Waals surface area contributed by atoms with Gasteiger partial charge in [0.15, 0.2) is 0 Å². The van der Waals surface area contributed by atoms with Crippen molar-refractivity contribution < 1.29 is 17.9 Å². The minimum absolute atomic E-state index is 0.0499. The second kappa shape index (κ2) is 6.14. The van der Waals surface area contributed by atoms with Crippen LogP contribution in [0.5, 0.6) is 0 Å². The molecule has 0 aliphatic carbocycles. The van der Waals surface area contributed by atoms with Crippen LogP contribution in [-0.4, -0.2) is 37.3 Å². The molecule has 1 aromatic rings. The number of morpholine rings is 1. The summed E-state index contributed by atoms with van der Waals surface area (Å²) in [5.41, 5.74) is 3.39. The number of ether oxygens (including phenoxy) is 1. The summed E-state index contributed by atoms with van der Waals surface area (Å²) < 4.78 is 42.6. The molecule has 0 unspecified atom stereocenters. The first kappa shape index (κ1) is 15.3. The van der Waals surface area contributed by atoms with Gasteiger partial charge in [0.1, 0.15) is 0 Å². The molecular formula is C15H20F3NO. The third-order valence-corrected chi connectivity index (χ3v) is 3.63. The van der Waals surface area contributed by atoms with Crippen LogP contribution in [-0.2, 0) is 4.74 Å². The first-order chi connectivity index (χ1) is 9.35. The largest absolute Gasteiger partial charge is 0.390 e. The summed E-state index contributed by atoms with van der Waals surface area (Å²) in [6.45, 7) is 5.66. The summed E-state index contributed by atoms with van der Waals surface area (Å²) in [6.07, 6.45) is -4.97. The molecule has 5 heteroatoms. The lowest BCUT2D eigenvalue weighted by Crippen LogP contribution is -2.40. The van der Waals surface area contributed by atoms with E-state index in [0.29, 0.717) is 19.7 Å². The number of benzene rings is 1. The Kier molecular flexibility index (Phi) is 4.70. The van der Waals surface area contributed by atoms with Gasteiger partial charge < -0.3 is 4.74 Å². The van der Waals surface area contributed by atoms with Crippen molar-refractivity contribution in [2.75, 3.05) is 26.2 Å². The van der Waals surface area contributed by atoms with Gasteiger partial charge in [-0.25, -0.2) is 0 Å². The average molecular weight is 287 g/mol. The molecule has 0 aromatic heterocycles. The molecule has 0 amide bonds. The van der Waals surface area contributed by atoms with Gasteiger partial charge in [0.25, 0.3) is 0 Å². The summed E-state index contributed by atoms with van der Waals surface area (Å²) in [5, 5.41) is 0. The van der Waals surface area contributed by atoms with E-state index in [1.807, 2.05) is 30.9 Å². The van der Waals surface area contributed by atoms with Gasteiger partial charge >= 0.3 is 6.18 Å². The fraction of sp³-hybridized carbons (Fsp3) is 0.600. The Morgan fingerprint density at radius 3 is 2.70 bits per heavy atom. The van der Waals surface area contributed by atoms with Crippen molar-refractivity contribution in [2.45, 2.75) is 32.5 Å². The summed E-state index contributed by atoms with van der Waals surface area (Å²) in [7, 11) is 0. The monoisotopic (exact) mass is 287 g/mol. The van der Waals surface area contributed by atoms with Crippen LogP contribution < -0.4 is 0 Å². The molecule has 1 heterocycles. The zero-order valence-corrected chi connectivity index (χ0v) is 11.8. The molecule has 0 saturated carbocycles. The molecule has 112 valence electrons. The lowest BCUT2D eigenvalue weighted by Gasteiger charge is -2.34. The molecule has 0 spiro atoms. The van der Waals surface area contributed by atoms with Crippen LogP contribution in [0.15, 0.2) is 18.2 Å². The van der Waals surface area contributed by atoms with Gasteiger partial charge in [0, 0.05) is 19.6 Å². The van der Waals surface area contributed by atoms with E-state index in [2.05, 4.69) is 6.07 Å². The number of alkyl halides is 3. The Labute approximate surface area is 117 Å². The molecule has 2 nitrogen and oxygen atoms in total. The number of nitrogens with zero attached hydrogens (tertiary/aromatic N) is 1. The SMILES string of the molecule is Cc1ccc([C@H]2CN(CCC(F)(F)F)CCO2)c(C)c1. The number of aryl methyl sites for hydroxylation is 2. The maximum absolute atomic E-state index is 12.3. The van der Waals surface area contributed by atoms with E-state index in [4.69, 9.17) is 4.74 Å². The van der Waals surface area contributed by atoms with Gasteiger partial charge in [0.2, 0.25) is 0 Å². The van der Waals surface area contributed by atoms with Crippen molar-refractivity contribution in [1.29, 1.82) is 0 Å². The summed E-state index contributed by atoms with van der Waals surface area (Å²) in [6, 6.07) is 6.11. The fourth-order valence-electron chi connectivity index (χ4n) is 2.57. The molecule has 0 bridgehead atoms. The van der Waals surface area contributed by atoms with Crippen LogP contribution >= 0.6 is 0 Å². The van der Waals surface area contributed by atoms with Crippen LogP contribution in [0.25, 0.3) is 0 Å². The van der Waals surface area contributed by atoms with Crippen molar-refractivity contribution in [3.05, 3.63) is 34.9 Å². The zero-order valence-electron chi connectivity index (χ0n) is 11.8. The maximum Gasteiger partial charge on any atom is 0.390 e. The molecule has 1 aromatic carbocycles. The van der Waals surface area contributed by atoms with E-state index in [-0.39, 0.29) is 12.6 Å². The summed E-state index contributed by atoms with van der Waals surface area (Å²) >= 11 is 0. The molecule has 1 aliphatic heterocycles. The van der Waals surface area contributed by atoms with Crippen molar-refractivity contribution in [1.82, 2.24) is 4.90 Å². The highest BCUT2D eigenvalue weighted by Gasteiger charge is 2.30. The lowest BCUT2D eigenvalue weighted by atomic mass is 10.00. The van der Waals surface area contributed by atoms with Crippen LogP contribution in [0.2, 0.25) is 0 Å². The summed E-state index contributed by atoms with van der Waals surface area (Å²) in [5.74, 6) is 0. The van der Waals surface area contributed by atoms with E-state index in [1.165, 1.54) is 5.56 Å². The molecule has 1 atom stereocenters. The van der Waals surface area contributed by atoms with Crippen LogP contribution in [0.4, 0.5) is 13.2 Å². The standard InChI is InChI=1S/C15H20F3NO/c1-11-3-4-13(12(2)9-11)14-10-19(7-8-20-14)6-5-15(16,17)18/h3-4,9,14H,5-8,10H2,1-2H3/t14-/m1/s1. The van der Waals surface area contributed by atoms with Crippen molar-refractivity contribution in [3.63, 3.8) is 0 Å². The van der Waals surface area contributed by atoms with E-state index in [1.54, 1.807) is 0 Å². The number of halogens is 3. The highest BCUT2D eigenvalue weighted by Crippen LogP contribution is 2.27. The smallest absolute Gasteiger partial charge is 0.371 e. The predicted octanol–water partition coefficient (Wildman–Crippen LogP) is 3.63. The van der Waals surface area contributed by atoms with Gasteiger partial charge in [0.05, 0.1) is 19.1 Å². The first-order valence-corrected chi connectivity index (χ1v) is 6.83. The fourth-order valence-corrected chi connectivity index (χ4v) is 2.57. The highest BCUT2D eigenvalue weighted by atomic mass is 19.4. The maximum atomic E-state index is 12.3. The molecule has 1 aliphatic rings.